The third-order valence-corrected chi connectivity index (χ3v) is 9.85. The number of alkyl halides is 2. The first kappa shape index (κ1) is 32.5. The second-order valence-electron chi connectivity index (χ2n) is 12.4. The van der Waals surface area contributed by atoms with Crippen molar-refractivity contribution < 1.29 is 18.3 Å². The van der Waals surface area contributed by atoms with E-state index in [-0.39, 0.29) is 5.92 Å². The number of hydrogen-bond acceptors (Lipinski definition) is 5. The van der Waals surface area contributed by atoms with Crippen LogP contribution in [0.2, 0.25) is 0 Å². The number of methoxy groups -OCH3 is 2. The highest BCUT2D eigenvalue weighted by Crippen LogP contribution is 2.44. The molecule has 6 nitrogen and oxygen atoms in total. The van der Waals surface area contributed by atoms with Crippen LogP contribution >= 0.6 is 0 Å². The number of allylic oxidation sites excluding steroid dienone is 3. The summed E-state index contributed by atoms with van der Waals surface area (Å²) in [5, 5.41) is 0. The Morgan fingerprint density at radius 2 is 1.77 bits per heavy atom. The van der Waals surface area contributed by atoms with Crippen LogP contribution in [0.25, 0.3) is 17.0 Å². The van der Waals surface area contributed by atoms with E-state index in [1.807, 2.05) is 18.3 Å². The van der Waals surface area contributed by atoms with Gasteiger partial charge in [-0.3, -0.25) is 4.99 Å². The predicted molar refractivity (Wildman–Crippen MR) is 187 cm³/mol. The molecule has 2 unspecified atom stereocenters. The van der Waals surface area contributed by atoms with E-state index in [1.165, 1.54) is 16.8 Å². The van der Waals surface area contributed by atoms with Gasteiger partial charge in [0.1, 0.15) is 17.3 Å². The summed E-state index contributed by atoms with van der Waals surface area (Å²) in [5.74, 6) is -1.70. The third kappa shape index (κ3) is 6.42. The number of benzene rings is 2. The fraction of sp³-hybridized carbons (Fsp3) is 0.385. The van der Waals surface area contributed by atoms with E-state index in [1.54, 1.807) is 26.4 Å². The van der Waals surface area contributed by atoms with Gasteiger partial charge in [-0.05, 0) is 91.3 Å². The van der Waals surface area contributed by atoms with Gasteiger partial charge in [-0.25, -0.2) is 13.8 Å². The van der Waals surface area contributed by atoms with Crippen LogP contribution in [0.5, 0.6) is 11.5 Å². The first-order valence-corrected chi connectivity index (χ1v) is 16.6. The lowest BCUT2D eigenvalue weighted by atomic mass is 9.77. The van der Waals surface area contributed by atoms with Gasteiger partial charge in [-0.15, -0.1) is 0 Å². The number of halogens is 2. The Labute approximate surface area is 276 Å². The number of nitrogens with one attached hydrogen (secondary N) is 1. The zero-order chi connectivity index (χ0) is 33.1. The normalized spacial score (nSPS) is 19.9. The van der Waals surface area contributed by atoms with Crippen LogP contribution < -0.4 is 9.47 Å². The van der Waals surface area contributed by atoms with Crippen molar-refractivity contribution in [1.29, 1.82) is 0 Å². The number of aromatic nitrogens is 1. The molecular formula is C39H44F2N4O2. The standard InChI is InChI=1S/C39H44F2N4O2/c1-6-25-11-12-29(23-35(25)47-5)33-24-31-34(10-9-19-42-38(31)43-33)45-20-17-28(18-21-45)36-26(7-2)22-32(39(40,41)8-3)37(44-36)27-13-15-30(46-4)16-14-27/h8,10-16,19,23-24,26,32,43H,3,6-7,9,17-18,20-22H2,1-2,4-5H3. The summed E-state index contributed by atoms with van der Waals surface area (Å²) in [7, 11) is 3.31. The first-order valence-electron chi connectivity index (χ1n) is 16.6. The average molecular weight is 639 g/mol. The van der Waals surface area contributed by atoms with Gasteiger partial charge < -0.3 is 19.4 Å². The fourth-order valence-corrected chi connectivity index (χ4v) is 7.14. The number of aliphatic imine (C=N–C) groups is 2. The Morgan fingerprint density at radius 1 is 1.02 bits per heavy atom. The second kappa shape index (κ2) is 13.7. The Hall–Kier alpha value is -4.46. The number of fused-ring (bicyclic) bond motifs is 1. The van der Waals surface area contributed by atoms with E-state index in [0.29, 0.717) is 23.4 Å². The van der Waals surface area contributed by atoms with Crippen LogP contribution in [0.15, 0.2) is 88.5 Å². The molecule has 0 bridgehead atoms. The summed E-state index contributed by atoms with van der Waals surface area (Å²) in [6.45, 7) is 9.30. The van der Waals surface area contributed by atoms with Crippen molar-refractivity contribution in [1.82, 2.24) is 9.88 Å². The Kier molecular flexibility index (Phi) is 9.48. The number of likely N-dealkylation sites (tertiary alicyclic amines) is 1. The molecule has 1 aromatic heterocycles. The van der Waals surface area contributed by atoms with Crippen LogP contribution in [-0.2, 0) is 6.42 Å². The number of piperidine rings is 1. The smallest absolute Gasteiger partial charge is 0.274 e. The molecule has 0 aliphatic carbocycles. The van der Waals surface area contributed by atoms with Crippen molar-refractivity contribution in [2.75, 3.05) is 27.3 Å². The molecule has 2 atom stereocenters. The lowest BCUT2D eigenvalue weighted by Gasteiger charge is -2.37. The zero-order valence-electron chi connectivity index (χ0n) is 27.8. The SMILES string of the molecule is C=CC(F)(F)C1CC(CC)C(=C2CCN(C3=CCC=Nc4[nH]c(-c5ccc(CC)c(OC)c5)cc43)CC2)N=C1c1ccc(OC)cc1. The maximum absolute atomic E-state index is 15.3. The number of hydrogen-bond donors (Lipinski definition) is 1. The molecular weight excluding hydrogens is 594 g/mol. The monoisotopic (exact) mass is 638 g/mol. The summed E-state index contributed by atoms with van der Waals surface area (Å²) in [6, 6.07) is 15.8. The summed E-state index contributed by atoms with van der Waals surface area (Å²) >= 11 is 0. The average Bonchev–Trinajstić information content (AvgIpc) is 3.44. The van der Waals surface area contributed by atoms with Crippen molar-refractivity contribution in [2.24, 2.45) is 21.8 Å². The zero-order valence-corrected chi connectivity index (χ0v) is 27.8. The molecule has 0 spiro atoms. The van der Waals surface area contributed by atoms with Gasteiger partial charge in [0.15, 0.2) is 0 Å². The van der Waals surface area contributed by atoms with Gasteiger partial charge in [-0.2, -0.15) is 0 Å². The lowest BCUT2D eigenvalue weighted by Crippen LogP contribution is -2.38. The summed E-state index contributed by atoms with van der Waals surface area (Å²) in [6.07, 6.45) is 9.39. The van der Waals surface area contributed by atoms with E-state index in [4.69, 9.17) is 19.5 Å². The third-order valence-electron chi connectivity index (χ3n) is 9.85. The molecule has 1 fully saturated rings. The molecule has 3 aromatic rings. The molecule has 1 N–H and O–H groups in total. The number of nitrogens with zero attached hydrogens (tertiary/aromatic N) is 3. The highest BCUT2D eigenvalue weighted by Gasteiger charge is 2.45. The molecule has 246 valence electrons. The van der Waals surface area contributed by atoms with E-state index < -0.39 is 11.8 Å². The van der Waals surface area contributed by atoms with Crippen LogP contribution in [0.4, 0.5) is 14.6 Å². The van der Waals surface area contributed by atoms with Gasteiger partial charge in [-0.1, -0.05) is 38.6 Å². The number of ether oxygens (including phenoxy) is 2. The number of aryl methyl sites for hydroxylation is 1. The number of aromatic amines is 1. The first-order chi connectivity index (χ1) is 22.8. The van der Waals surface area contributed by atoms with E-state index >= 15 is 8.78 Å². The quantitative estimate of drug-likeness (QED) is 0.238. The van der Waals surface area contributed by atoms with Gasteiger partial charge >= 0.3 is 0 Å². The summed E-state index contributed by atoms with van der Waals surface area (Å²) < 4.78 is 41.6. The molecule has 47 heavy (non-hydrogen) atoms. The molecule has 3 aliphatic rings. The second-order valence-corrected chi connectivity index (χ2v) is 12.4. The molecule has 0 radical (unpaired) electrons. The van der Waals surface area contributed by atoms with Crippen molar-refractivity contribution in [2.45, 2.75) is 58.3 Å². The van der Waals surface area contributed by atoms with E-state index in [0.717, 1.165) is 85.4 Å². The maximum atomic E-state index is 15.3. The molecule has 4 heterocycles. The minimum Gasteiger partial charge on any atom is -0.497 e. The van der Waals surface area contributed by atoms with Gasteiger partial charge in [0.2, 0.25) is 0 Å². The highest BCUT2D eigenvalue weighted by atomic mass is 19.3. The number of rotatable bonds is 9. The van der Waals surface area contributed by atoms with Crippen molar-refractivity contribution in [3.05, 3.63) is 95.2 Å². The molecule has 1 saturated heterocycles. The lowest BCUT2D eigenvalue weighted by molar-refractivity contribution is 0.00976. The topological polar surface area (TPSA) is 62.2 Å². The maximum Gasteiger partial charge on any atom is 0.274 e. The van der Waals surface area contributed by atoms with Crippen molar-refractivity contribution in [3.63, 3.8) is 0 Å². The molecule has 0 saturated carbocycles. The van der Waals surface area contributed by atoms with Gasteiger partial charge in [0.25, 0.3) is 5.92 Å². The fourth-order valence-electron chi connectivity index (χ4n) is 7.14. The van der Waals surface area contributed by atoms with E-state index in [9.17, 15) is 0 Å². The van der Waals surface area contributed by atoms with Crippen molar-refractivity contribution in [3.8, 4) is 22.8 Å². The summed E-state index contributed by atoms with van der Waals surface area (Å²) in [4.78, 5) is 15.8. The number of H-pyrrole nitrogens is 1. The van der Waals surface area contributed by atoms with Crippen LogP contribution in [-0.4, -0.2) is 55.0 Å². The van der Waals surface area contributed by atoms with Gasteiger partial charge in [0, 0.05) is 59.9 Å². The minimum atomic E-state index is -3.06. The predicted octanol–water partition coefficient (Wildman–Crippen LogP) is 9.41. The Balaban J connectivity index is 1.29. The Morgan fingerprint density at radius 3 is 2.43 bits per heavy atom. The Bertz CT molecular complexity index is 1740. The van der Waals surface area contributed by atoms with Crippen LogP contribution in [0.1, 0.15) is 62.6 Å². The van der Waals surface area contributed by atoms with Crippen LogP contribution in [0, 0.1) is 11.8 Å². The molecule has 0 amide bonds. The highest BCUT2D eigenvalue weighted by molar-refractivity contribution is 6.04. The van der Waals surface area contributed by atoms with Gasteiger partial charge in [0.05, 0.1) is 25.8 Å². The molecule has 3 aliphatic heterocycles. The van der Waals surface area contributed by atoms with E-state index in [2.05, 4.69) is 60.7 Å². The molecule has 2 aromatic carbocycles. The molecule has 6 rings (SSSR count). The van der Waals surface area contributed by atoms with Crippen molar-refractivity contribution >= 4 is 23.4 Å². The van der Waals surface area contributed by atoms with Crippen LogP contribution in [0.3, 0.4) is 0 Å². The minimum absolute atomic E-state index is 0.0326. The largest absolute Gasteiger partial charge is 0.497 e. The molecule has 8 heteroatoms. The summed E-state index contributed by atoms with van der Waals surface area (Å²) in [5.41, 5.74) is 8.87.